The molecule has 8 aromatic rings. The number of anilines is 4. The van der Waals surface area contributed by atoms with Gasteiger partial charge in [0, 0.05) is 73.7 Å². The maximum Gasteiger partial charge on any atom is 0.0910 e. The van der Waals surface area contributed by atoms with Crippen molar-refractivity contribution in [2.45, 2.75) is 26.2 Å². The Labute approximate surface area is 386 Å². The van der Waals surface area contributed by atoms with Crippen LogP contribution in [0.1, 0.15) is 67.3 Å². The SMILES string of the molecule is C(=C\c1ccccn1)/c1ccc2c(c1)CN1CN2Cc2cc(/C=C/c3ccccn3)ccc21.C(=C\c1ccccn1)/c1ccc2c(c1)CN1CN2Cc2cc(/C=C/c3ccccn3)ccc21. The molecule has 0 fully saturated rings. The maximum atomic E-state index is 4.38. The van der Waals surface area contributed by atoms with Crippen molar-refractivity contribution < 1.29 is 0 Å². The van der Waals surface area contributed by atoms with Crippen LogP contribution in [0.4, 0.5) is 22.7 Å². The van der Waals surface area contributed by atoms with Crippen molar-refractivity contribution in [3.8, 4) is 0 Å². The van der Waals surface area contributed by atoms with E-state index in [2.05, 4.69) is 161 Å². The zero-order chi connectivity index (χ0) is 44.1. The van der Waals surface area contributed by atoms with Crippen molar-refractivity contribution in [2.24, 2.45) is 0 Å². The van der Waals surface area contributed by atoms with Gasteiger partial charge in [-0.25, -0.2) is 0 Å². The van der Waals surface area contributed by atoms with Gasteiger partial charge >= 0.3 is 0 Å². The first-order chi connectivity index (χ1) is 32.6. The molecule has 0 radical (unpaired) electrons. The average Bonchev–Trinajstić information content (AvgIpc) is 3.37. The topological polar surface area (TPSA) is 64.5 Å². The molecule has 0 saturated heterocycles. The summed E-state index contributed by atoms with van der Waals surface area (Å²) in [6, 6.07) is 51.0. The molecule has 0 unspecified atom stereocenters. The third-order valence-corrected chi connectivity index (χ3v) is 12.4. The molecule has 12 rings (SSSR count). The molecule has 8 nitrogen and oxygen atoms in total. The van der Waals surface area contributed by atoms with Crippen LogP contribution < -0.4 is 19.6 Å². The van der Waals surface area contributed by atoms with E-state index in [1.807, 2.05) is 97.6 Å². The molecule has 0 aliphatic carbocycles. The molecule has 0 atom stereocenters. The van der Waals surface area contributed by atoms with E-state index in [1.165, 1.54) is 67.3 Å². The molecule has 0 amide bonds. The predicted octanol–water partition coefficient (Wildman–Crippen LogP) is 12.2. The smallest absolute Gasteiger partial charge is 0.0910 e. The Kier molecular flexibility index (Phi) is 11.3. The lowest BCUT2D eigenvalue weighted by Gasteiger charge is -2.45. The molecule has 4 bridgehead atoms. The quantitative estimate of drug-likeness (QED) is 0.150. The molecule has 8 heterocycles. The minimum Gasteiger partial charge on any atom is -0.349 e. The van der Waals surface area contributed by atoms with Crippen LogP contribution in [0.3, 0.4) is 0 Å². The summed E-state index contributed by atoms with van der Waals surface area (Å²) < 4.78 is 0. The summed E-state index contributed by atoms with van der Waals surface area (Å²) in [6.45, 7) is 5.57. The molecule has 320 valence electrons. The lowest BCUT2D eigenvalue weighted by molar-refractivity contribution is 0.650. The molecule has 4 aliphatic rings. The lowest BCUT2D eigenvalue weighted by atomic mass is 9.98. The number of hydrogen-bond donors (Lipinski definition) is 0. The van der Waals surface area contributed by atoms with Crippen LogP contribution in [-0.2, 0) is 26.2 Å². The highest BCUT2D eigenvalue weighted by atomic mass is 15.4. The number of rotatable bonds is 8. The first kappa shape index (κ1) is 40.4. The van der Waals surface area contributed by atoms with Gasteiger partial charge < -0.3 is 19.6 Å². The van der Waals surface area contributed by atoms with Crippen LogP contribution in [0, 0.1) is 0 Å². The van der Waals surface area contributed by atoms with Crippen molar-refractivity contribution in [3.05, 3.63) is 238 Å². The first-order valence-corrected chi connectivity index (χ1v) is 22.5. The summed E-state index contributed by atoms with van der Waals surface area (Å²) in [4.78, 5) is 27.4. The molecule has 8 heteroatoms. The average molecular weight is 857 g/mol. The normalized spacial score (nSPS) is 14.5. The maximum absolute atomic E-state index is 4.38. The molecule has 0 spiro atoms. The number of nitrogens with zero attached hydrogens (tertiary/aromatic N) is 8. The van der Waals surface area contributed by atoms with Gasteiger partial charge in [-0.15, -0.1) is 0 Å². The van der Waals surface area contributed by atoms with E-state index in [9.17, 15) is 0 Å². The van der Waals surface area contributed by atoms with E-state index in [1.54, 1.807) is 0 Å². The second-order valence-corrected chi connectivity index (χ2v) is 17.0. The van der Waals surface area contributed by atoms with Gasteiger partial charge in [-0.05, 0) is 166 Å². The summed E-state index contributed by atoms with van der Waals surface area (Å²) in [7, 11) is 0. The zero-order valence-electron chi connectivity index (χ0n) is 36.6. The van der Waals surface area contributed by atoms with Gasteiger partial charge in [0.05, 0.1) is 36.1 Å². The Morgan fingerprint density at radius 3 is 0.773 bits per heavy atom. The Bertz CT molecular complexity index is 2690. The highest BCUT2D eigenvalue weighted by Crippen LogP contribution is 2.40. The Balaban J connectivity index is 0.000000146. The monoisotopic (exact) mass is 856 g/mol. The first-order valence-electron chi connectivity index (χ1n) is 22.5. The number of benzene rings is 4. The Morgan fingerprint density at radius 2 is 0.545 bits per heavy atom. The third-order valence-electron chi connectivity index (χ3n) is 12.4. The summed E-state index contributed by atoms with van der Waals surface area (Å²) in [5.41, 5.74) is 19.5. The van der Waals surface area contributed by atoms with E-state index in [4.69, 9.17) is 0 Å². The number of fused-ring (bicyclic) bond motifs is 12. The van der Waals surface area contributed by atoms with Gasteiger partial charge in [0.2, 0.25) is 0 Å². The molecule has 4 aliphatic heterocycles. The van der Waals surface area contributed by atoms with Crippen molar-refractivity contribution in [3.63, 3.8) is 0 Å². The number of hydrogen-bond acceptors (Lipinski definition) is 8. The van der Waals surface area contributed by atoms with Crippen molar-refractivity contribution in [1.29, 1.82) is 0 Å². The molecular weight excluding hydrogens is 809 g/mol. The van der Waals surface area contributed by atoms with Crippen molar-refractivity contribution >= 4 is 71.4 Å². The Morgan fingerprint density at radius 1 is 0.288 bits per heavy atom. The van der Waals surface area contributed by atoms with E-state index < -0.39 is 0 Å². The van der Waals surface area contributed by atoms with Crippen LogP contribution in [0.2, 0.25) is 0 Å². The minimum absolute atomic E-state index is 0.924. The summed E-state index contributed by atoms with van der Waals surface area (Å²) in [5, 5.41) is 0. The fourth-order valence-corrected chi connectivity index (χ4v) is 9.28. The molecule has 0 saturated carbocycles. The fourth-order valence-electron chi connectivity index (χ4n) is 9.28. The molecule has 66 heavy (non-hydrogen) atoms. The second-order valence-electron chi connectivity index (χ2n) is 17.0. The van der Waals surface area contributed by atoms with E-state index in [-0.39, 0.29) is 0 Å². The van der Waals surface area contributed by atoms with Crippen LogP contribution in [0.15, 0.2) is 170 Å². The van der Waals surface area contributed by atoms with Crippen LogP contribution in [0.5, 0.6) is 0 Å². The Hall–Kier alpha value is -8.36. The molecule has 0 N–H and O–H groups in total. The largest absolute Gasteiger partial charge is 0.349 e. The van der Waals surface area contributed by atoms with E-state index >= 15 is 0 Å². The molecular formula is C58H48N8. The van der Waals surface area contributed by atoms with Crippen LogP contribution in [0.25, 0.3) is 48.6 Å². The zero-order valence-corrected chi connectivity index (χ0v) is 36.6. The molecule has 4 aromatic carbocycles. The van der Waals surface area contributed by atoms with Gasteiger partial charge in [0.1, 0.15) is 0 Å². The number of aromatic nitrogens is 4. The van der Waals surface area contributed by atoms with Gasteiger partial charge in [0.25, 0.3) is 0 Å². The summed E-state index contributed by atoms with van der Waals surface area (Å²) in [6.07, 6.45) is 24.2. The van der Waals surface area contributed by atoms with Crippen molar-refractivity contribution in [2.75, 3.05) is 32.9 Å². The van der Waals surface area contributed by atoms with Gasteiger partial charge in [-0.1, -0.05) is 72.8 Å². The summed E-state index contributed by atoms with van der Waals surface area (Å²) >= 11 is 0. The highest BCUT2D eigenvalue weighted by Gasteiger charge is 2.30. The van der Waals surface area contributed by atoms with Gasteiger partial charge in [-0.3, -0.25) is 19.9 Å². The van der Waals surface area contributed by atoms with Crippen LogP contribution >= 0.6 is 0 Å². The number of pyridine rings is 4. The molecule has 4 aromatic heterocycles. The minimum atomic E-state index is 0.924. The summed E-state index contributed by atoms with van der Waals surface area (Å²) in [5.74, 6) is 0. The lowest BCUT2D eigenvalue weighted by Crippen LogP contribution is -2.46. The third kappa shape index (κ3) is 9.03. The van der Waals surface area contributed by atoms with Gasteiger partial charge in [0.15, 0.2) is 0 Å². The predicted molar refractivity (Wildman–Crippen MR) is 273 cm³/mol. The van der Waals surface area contributed by atoms with Crippen LogP contribution in [-0.4, -0.2) is 33.3 Å². The van der Waals surface area contributed by atoms with Gasteiger partial charge in [-0.2, -0.15) is 0 Å². The second kappa shape index (κ2) is 18.4. The van der Waals surface area contributed by atoms with E-state index in [0.29, 0.717) is 0 Å². The highest BCUT2D eigenvalue weighted by molar-refractivity contribution is 5.77. The standard InChI is InChI=1S/2C29H24N4/c2*1-3-15-30-26(5-1)11-7-22-9-13-28-24(17-22)19-32-21-33(28)20-25-18-23(10-14-29(25)32)8-12-27-6-2-4-16-31-27/h2*1-18H,19-21H2/b2*11-7+,12-8+. The van der Waals surface area contributed by atoms with E-state index in [0.717, 1.165) is 62.3 Å². The van der Waals surface area contributed by atoms with Crippen molar-refractivity contribution in [1.82, 2.24) is 19.9 Å². The fraction of sp³-hybridized carbons (Fsp3) is 0.103.